The van der Waals surface area contributed by atoms with Gasteiger partial charge in [0.25, 0.3) is 5.91 Å². The summed E-state index contributed by atoms with van der Waals surface area (Å²) in [7, 11) is 1.48. The first kappa shape index (κ1) is 18.5. The summed E-state index contributed by atoms with van der Waals surface area (Å²) < 4.78 is 5.07. The second kappa shape index (κ2) is 7.55. The van der Waals surface area contributed by atoms with Crippen LogP contribution in [-0.2, 0) is 16.0 Å². The molecule has 6 nitrogen and oxygen atoms in total. The normalized spacial score (nSPS) is 19.7. The van der Waals surface area contributed by atoms with Gasteiger partial charge in [0, 0.05) is 32.0 Å². The number of hydrogen-bond acceptors (Lipinski definition) is 5. The van der Waals surface area contributed by atoms with Crippen LogP contribution in [0.15, 0.2) is 29.6 Å². The number of rotatable bonds is 6. The Hall–Kier alpha value is -2.25. The van der Waals surface area contributed by atoms with Gasteiger partial charge < -0.3 is 14.7 Å². The van der Waals surface area contributed by atoms with Gasteiger partial charge in [-0.25, -0.2) is 4.98 Å². The van der Waals surface area contributed by atoms with Crippen molar-refractivity contribution in [2.75, 3.05) is 26.8 Å². The molecule has 2 aromatic rings. The zero-order chi connectivity index (χ0) is 18.7. The highest BCUT2D eigenvalue weighted by Gasteiger charge is 2.46. The predicted octanol–water partition coefficient (Wildman–Crippen LogP) is 2.61. The Morgan fingerprint density at radius 1 is 1.35 bits per heavy atom. The van der Waals surface area contributed by atoms with Crippen molar-refractivity contribution in [2.24, 2.45) is 5.41 Å². The van der Waals surface area contributed by atoms with Crippen LogP contribution in [0.4, 0.5) is 0 Å². The van der Waals surface area contributed by atoms with Crippen molar-refractivity contribution in [3.63, 3.8) is 0 Å². The molecular formula is C19H22N2O4S. The maximum Gasteiger partial charge on any atom is 0.313 e. The SMILES string of the molecule is COCC1(C(=O)O)CCN(C(=O)c2csc(Cc3ccc(C)cc3)n2)C1. The summed E-state index contributed by atoms with van der Waals surface area (Å²) in [6, 6.07) is 8.23. The summed E-state index contributed by atoms with van der Waals surface area (Å²) in [6.07, 6.45) is 1.07. The molecule has 1 aliphatic heterocycles. The zero-order valence-electron chi connectivity index (χ0n) is 14.9. The number of aliphatic carboxylic acids is 1. The van der Waals surface area contributed by atoms with Crippen LogP contribution < -0.4 is 0 Å². The molecule has 0 saturated carbocycles. The van der Waals surface area contributed by atoms with Crippen molar-refractivity contribution >= 4 is 23.2 Å². The van der Waals surface area contributed by atoms with E-state index in [4.69, 9.17) is 4.74 Å². The number of carboxylic acid groups (broad SMARTS) is 1. The molecule has 0 bridgehead atoms. The molecule has 0 aliphatic carbocycles. The van der Waals surface area contributed by atoms with Crippen LogP contribution in [0.3, 0.4) is 0 Å². The number of hydrogen-bond donors (Lipinski definition) is 1. The van der Waals surface area contributed by atoms with Crippen molar-refractivity contribution < 1.29 is 19.4 Å². The van der Waals surface area contributed by atoms with Gasteiger partial charge in [-0.05, 0) is 18.9 Å². The van der Waals surface area contributed by atoms with Crippen molar-refractivity contribution in [1.29, 1.82) is 0 Å². The van der Waals surface area contributed by atoms with Crippen LogP contribution >= 0.6 is 11.3 Å². The van der Waals surface area contributed by atoms with E-state index >= 15 is 0 Å². The Kier molecular flexibility index (Phi) is 5.38. The maximum absolute atomic E-state index is 12.7. The highest BCUT2D eigenvalue weighted by atomic mass is 32.1. The molecular weight excluding hydrogens is 352 g/mol. The van der Waals surface area contributed by atoms with Gasteiger partial charge in [-0.2, -0.15) is 0 Å². The van der Waals surface area contributed by atoms with Crippen molar-refractivity contribution in [2.45, 2.75) is 19.8 Å². The molecule has 1 N–H and O–H groups in total. The maximum atomic E-state index is 12.7. The largest absolute Gasteiger partial charge is 0.481 e. The van der Waals surface area contributed by atoms with Crippen LogP contribution in [0.1, 0.15) is 33.0 Å². The minimum absolute atomic E-state index is 0.0991. The van der Waals surface area contributed by atoms with Crippen LogP contribution in [0, 0.1) is 12.3 Å². The molecule has 1 unspecified atom stereocenters. The summed E-state index contributed by atoms with van der Waals surface area (Å²) in [5, 5.41) is 12.1. The molecule has 138 valence electrons. The molecule has 3 rings (SSSR count). The number of carboxylic acids is 1. The molecule has 7 heteroatoms. The Morgan fingerprint density at radius 2 is 2.08 bits per heavy atom. The third-order valence-electron chi connectivity index (χ3n) is 4.76. The van der Waals surface area contributed by atoms with Crippen molar-refractivity contribution in [3.05, 3.63) is 51.5 Å². The van der Waals surface area contributed by atoms with Gasteiger partial charge in [0.2, 0.25) is 0 Å². The lowest BCUT2D eigenvalue weighted by Gasteiger charge is -2.23. The van der Waals surface area contributed by atoms with E-state index in [0.717, 1.165) is 10.6 Å². The summed E-state index contributed by atoms with van der Waals surface area (Å²) in [5.41, 5.74) is 1.71. The molecule has 1 aliphatic rings. The van der Waals surface area contributed by atoms with Crippen LogP contribution in [0.5, 0.6) is 0 Å². The first-order valence-corrected chi connectivity index (χ1v) is 9.33. The van der Waals surface area contributed by atoms with Crippen molar-refractivity contribution in [1.82, 2.24) is 9.88 Å². The number of aryl methyl sites for hydroxylation is 1. The van der Waals surface area contributed by atoms with Gasteiger partial charge in [-0.3, -0.25) is 9.59 Å². The summed E-state index contributed by atoms with van der Waals surface area (Å²) in [4.78, 5) is 30.4. The topological polar surface area (TPSA) is 79.7 Å². The van der Waals surface area contributed by atoms with Crippen LogP contribution in [0.2, 0.25) is 0 Å². The summed E-state index contributed by atoms with van der Waals surface area (Å²) >= 11 is 1.45. The minimum Gasteiger partial charge on any atom is -0.481 e. The quantitative estimate of drug-likeness (QED) is 0.841. The van der Waals surface area contributed by atoms with E-state index in [9.17, 15) is 14.7 Å². The smallest absolute Gasteiger partial charge is 0.313 e. The number of thiazole rings is 1. The first-order chi connectivity index (χ1) is 12.4. The Morgan fingerprint density at radius 3 is 2.73 bits per heavy atom. The lowest BCUT2D eigenvalue weighted by molar-refractivity contribution is -0.151. The average Bonchev–Trinajstić information content (AvgIpc) is 3.25. The molecule has 0 spiro atoms. The van der Waals surface area contributed by atoms with E-state index in [1.807, 2.05) is 6.92 Å². The fourth-order valence-corrected chi connectivity index (χ4v) is 4.01. The number of likely N-dealkylation sites (tertiary alicyclic amines) is 1. The molecule has 0 radical (unpaired) electrons. The van der Waals surface area contributed by atoms with E-state index in [2.05, 4.69) is 29.2 Å². The Bertz CT molecular complexity index is 802. The lowest BCUT2D eigenvalue weighted by atomic mass is 9.88. The minimum atomic E-state index is -1.02. The number of benzene rings is 1. The van der Waals surface area contributed by atoms with Gasteiger partial charge in [-0.1, -0.05) is 29.8 Å². The Labute approximate surface area is 156 Å². The van der Waals surface area contributed by atoms with E-state index in [0.29, 0.717) is 25.1 Å². The number of ether oxygens (including phenoxy) is 1. The second-order valence-electron chi connectivity index (χ2n) is 6.78. The number of methoxy groups -OCH3 is 1. The Balaban J connectivity index is 1.68. The molecule has 2 heterocycles. The highest BCUT2D eigenvalue weighted by molar-refractivity contribution is 7.09. The average molecular weight is 374 g/mol. The number of carbonyl (C=O) groups is 2. The summed E-state index contributed by atoms with van der Waals surface area (Å²) in [6.45, 7) is 2.70. The van der Waals surface area contributed by atoms with Gasteiger partial charge in [0.1, 0.15) is 11.1 Å². The monoisotopic (exact) mass is 374 g/mol. The van der Waals surface area contributed by atoms with Gasteiger partial charge >= 0.3 is 5.97 Å². The number of nitrogens with zero attached hydrogens (tertiary/aromatic N) is 2. The standard InChI is InChI=1S/C19H22N2O4S/c1-13-3-5-14(6-4-13)9-16-20-15(10-26-16)17(22)21-8-7-19(11-21,12-25-2)18(23)24/h3-6,10H,7-9,11-12H2,1-2H3,(H,23,24). The molecule has 1 aromatic carbocycles. The molecule has 1 fully saturated rings. The van der Waals surface area contributed by atoms with E-state index in [-0.39, 0.29) is 19.1 Å². The zero-order valence-corrected chi connectivity index (χ0v) is 15.7. The van der Waals surface area contributed by atoms with Crippen LogP contribution in [0.25, 0.3) is 0 Å². The van der Waals surface area contributed by atoms with E-state index in [1.54, 1.807) is 10.3 Å². The fraction of sp³-hybridized carbons (Fsp3) is 0.421. The van der Waals surface area contributed by atoms with E-state index in [1.165, 1.54) is 24.0 Å². The second-order valence-corrected chi connectivity index (χ2v) is 7.73. The fourth-order valence-electron chi connectivity index (χ4n) is 3.21. The first-order valence-electron chi connectivity index (χ1n) is 8.45. The molecule has 26 heavy (non-hydrogen) atoms. The number of carbonyl (C=O) groups excluding carboxylic acids is 1. The lowest BCUT2D eigenvalue weighted by Crippen LogP contribution is -2.40. The third-order valence-corrected chi connectivity index (χ3v) is 5.61. The van der Waals surface area contributed by atoms with E-state index < -0.39 is 11.4 Å². The molecule has 1 saturated heterocycles. The number of amides is 1. The van der Waals surface area contributed by atoms with Crippen molar-refractivity contribution in [3.8, 4) is 0 Å². The van der Waals surface area contributed by atoms with Gasteiger partial charge in [-0.15, -0.1) is 11.3 Å². The molecule has 1 amide bonds. The van der Waals surface area contributed by atoms with Crippen LogP contribution in [-0.4, -0.2) is 53.7 Å². The summed E-state index contributed by atoms with van der Waals surface area (Å²) in [5.74, 6) is -1.14. The predicted molar refractivity (Wildman–Crippen MR) is 98.6 cm³/mol. The van der Waals surface area contributed by atoms with Gasteiger partial charge in [0.05, 0.1) is 11.6 Å². The highest BCUT2D eigenvalue weighted by Crippen LogP contribution is 2.32. The number of aromatic nitrogens is 1. The third kappa shape index (κ3) is 3.78. The molecule has 1 aromatic heterocycles. The van der Waals surface area contributed by atoms with Gasteiger partial charge in [0.15, 0.2) is 0 Å². The molecule has 1 atom stereocenters.